The van der Waals surface area contributed by atoms with Crippen molar-refractivity contribution in [2.45, 2.75) is 23.9 Å². The Bertz CT molecular complexity index is 995. The smallest absolute Gasteiger partial charge is 0.0992 e. The van der Waals surface area contributed by atoms with Crippen LogP contribution in [0.25, 0.3) is 5.69 Å². The molecular formula is C22H25N5OS. The quantitative estimate of drug-likeness (QED) is 0.650. The van der Waals surface area contributed by atoms with Crippen molar-refractivity contribution < 1.29 is 4.55 Å². The van der Waals surface area contributed by atoms with E-state index in [9.17, 15) is 4.55 Å². The average Bonchev–Trinajstić information content (AvgIpc) is 3.41. The second kappa shape index (κ2) is 8.39. The number of nitriles is 1. The van der Waals surface area contributed by atoms with Gasteiger partial charge in [0.25, 0.3) is 0 Å². The number of hydrogen-bond acceptors (Lipinski definition) is 5. The molecule has 2 atom stereocenters. The first-order valence-electron chi connectivity index (χ1n) is 9.63. The summed E-state index contributed by atoms with van der Waals surface area (Å²) < 4.78 is 16.3. The highest BCUT2D eigenvalue weighted by atomic mass is 32.3. The zero-order chi connectivity index (χ0) is 20.3. The van der Waals surface area contributed by atoms with Gasteiger partial charge in [-0.2, -0.15) is 10.4 Å². The van der Waals surface area contributed by atoms with Gasteiger partial charge >= 0.3 is 0 Å². The summed E-state index contributed by atoms with van der Waals surface area (Å²) in [6.07, 6.45) is 6.54. The van der Waals surface area contributed by atoms with Gasteiger partial charge in [0, 0.05) is 49.2 Å². The molecule has 1 fully saturated rings. The number of aromatic nitrogens is 2. The van der Waals surface area contributed by atoms with E-state index in [2.05, 4.69) is 45.1 Å². The molecule has 3 aromatic rings. The summed E-state index contributed by atoms with van der Waals surface area (Å²) in [6, 6.07) is 20.0. The number of rotatable bonds is 6. The second-order valence-electron chi connectivity index (χ2n) is 7.47. The van der Waals surface area contributed by atoms with Gasteiger partial charge in [0.2, 0.25) is 0 Å². The third kappa shape index (κ3) is 4.69. The normalized spacial score (nSPS) is 20.1. The Labute approximate surface area is 173 Å². The van der Waals surface area contributed by atoms with Gasteiger partial charge in [-0.3, -0.25) is 9.62 Å². The molecular weight excluding hydrogens is 382 g/mol. The lowest BCUT2D eigenvalue weighted by Crippen LogP contribution is -2.34. The number of likely N-dealkylation sites (tertiary alicyclic amines) is 1. The van der Waals surface area contributed by atoms with Gasteiger partial charge in [-0.1, -0.05) is 28.7 Å². The molecule has 4 rings (SSSR count). The average molecular weight is 408 g/mol. The Morgan fingerprint density at radius 2 is 2.07 bits per heavy atom. The maximum atomic E-state index is 11.0. The molecule has 2 heterocycles. The molecule has 2 unspecified atom stereocenters. The summed E-state index contributed by atoms with van der Waals surface area (Å²) in [5.41, 5.74) is 2.89. The molecule has 2 aromatic carbocycles. The van der Waals surface area contributed by atoms with E-state index >= 15 is 0 Å². The molecule has 0 saturated carbocycles. The van der Waals surface area contributed by atoms with Crippen LogP contribution in [-0.4, -0.2) is 44.6 Å². The third-order valence-electron chi connectivity index (χ3n) is 5.20. The van der Waals surface area contributed by atoms with Crippen LogP contribution in [0.1, 0.15) is 17.5 Å². The van der Waals surface area contributed by atoms with Crippen molar-refractivity contribution in [1.29, 1.82) is 5.26 Å². The van der Waals surface area contributed by atoms with E-state index in [1.54, 1.807) is 18.3 Å². The third-order valence-corrected chi connectivity index (χ3v) is 7.17. The van der Waals surface area contributed by atoms with E-state index < -0.39 is 10.5 Å². The molecule has 1 aliphatic heterocycles. The molecule has 6 nitrogen and oxygen atoms in total. The number of hydrogen-bond donors (Lipinski definition) is 2. The fourth-order valence-electron chi connectivity index (χ4n) is 3.71. The van der Waals surface area contributed by atoms with Crippen molar-refractivity contribution in [2.24, 2.45) is 0 Å². The monoisotopic (exact) mass is 407 g/mol. The first kappa shape index (κ1) is 19.7. The predicted molar refractivity (Wildman–Crippen MR) is 116 cm³/mol. The lowest BCUT2D eigenvalue weighted by atomic mass is 10.2. The van der Waals surface area contributed by atoms with Gasteiger partial charge in [-0.05, 0) is 48.4 Å². The SMILES string of the molecule is CS(O)(NC1CCN(Cc2ccc(-n3cccn3)cc2)C1)c1cccc(C#N)c1. The number of benzene rings is 2. The predicted octanol–water partition coefficient (Wildman–Crippen LogP) is 3.79. The fourth-order valence-corrected chi connectivity index (χ4v) is 5.39. The highest BCUT2D eigenvalue weighted by Gasteiger charge is 2.28. The highest BCUT2D eigenvalue weighted by molar-refractivity contribution is 8.27. The maximum Gasteiger partial charge on any atom is 0.0992 e. The first-order chi connectivity index (χ1) is 14.0. The Morgan fingerprint density at radius 3 is 2.79 bits per heavy atom. The zero-order valence-corrected chi connectivity index (χ0v) is 17.2. The summed E-state index contributed by atoms with van der Waals surface area (Å²) >= 11 is 0. The van der Waals surface area contributed by atoms with Crippen molar-refractivity contribution in [1.82, 2.24) is 19.4 Å². The van der Waals surface area contributed by atoms with E-state index in [1.165, 1.54) is 5.56 Å². The molecule has 0 amide bonds. The summed E-state index contributed by atoms with van der Waals surface area (Å²) in [5, 5.41) is 13.4. The molecule has 2 N–H and O–H groups in total. The molecule has 0 bridgehead atoms. The van der Waals surface area contributed by atoms with Crippen molar-refractivity contribution in [3.63, 3.8) is 0 Å². The fraction of sp³-hybridized carbons (Fsp3) is 0.273. The van der Waals surface area contributed by atoms with E-state index in [4.69, 9.17) is 5.26 Å². The van der Waals surface area contributed by atoms with Crippen LogP contribution in [-0.2, 0) is 6.54 Å². The van der Waals surface area contributed by atoms with E-state index in [-0.39, 0.29) is 6.04 Å². The highest BCUT2D eigenvalue weighted by Crippen LogP contribution is 2.45. The van der Waals surface area contributed by atoms with Crippen LogP contribution in [0.3, 0.4) is 0 Å². The molecule has 0 spiro atoms. The molecule has 0 aliphatic carbocycles. The standard InChI is InChI=1S/C22H25N5OS/c1-29(28,22-5-2-4-19(14-22)15-23)25-20-10-13-26(17-20)16-18-6-8-21(9-7-18)27-12-3-11-24-27/h2-9,11-12,14,20,25,28H,10,13,16-17H2,1H3. The Kier molecular flexibility index (Phi) is 5.69. The zero-order valence-electron chi connectivity index (χ0n) is 16.4. The topological polar surface area (TPSA) is 77.1 Å². The summed E-state index contributed by atoms with van der Waals surface area (Å²) in [4.78, 5) is 3.20. The van der Waals surface area contributed by atoms with E-state index in [0.29, 0.717) is 5.56 Å². The van der Waals surface area contributed by atoms with E-state index in [0.717, 1.165) is 36.6 Å². The van der Waals surface area contributed by atoms with Crippen molar-refractivity contribution in [3.05, 3.63) is 78.1 Å². The Balaban J connectivity index is 1.35. The largest absolute Gasteiger partial charge is 0.334 e. The Hall–Kier alpha value is -2.63. The maximum absolute atomic E-state index is 11.0. The molecule has 7 heteroatoms. The van der Waals surface area contributed by atoms with Gasteiger partial charge in [0.05, 0.1) is 17.3 Å². The molecule has 1 aliphatic rings. The van der Waals surface area contributed by atoms with Crippen LogP contribution >= 0.6 is 10.5 Å². The first-order valence-corrected chi connectivity index (χ1v) is 11.6. The van der Waals surface area contributed by atoms with E-state index in [1.807, 2.05) is 35.3 Å². The van der Waals surface area contributed by atoms with Crippen LogP contribution in [0, 0.1) is 11.3 Å². The molecule has 0 radical (unpaired) electrons. The van der Waals surface area contributed by atoms with Crippen LogP contribution in [0.15, 0.2) is 71.9 Å². The number of nitrogens with one attached hydrogen (secondary N) is 1. The molecule has 1 saturated heterocycles. The van der Waals surface area contributed by atoms with Gasteiger partial charge < -0.3 is 4.55 Å². The summed E-state index contributed by atoms with van der Waals surface area (Å²) in [6.45, 7) is 2.77. The number of nitrogens with zero attached hydrogens (tertiary/aromatic N) is 4. The second-order valence-corrected chi connectivity index (χ2v) is 9.93. The van der Waals surface area contributed by atoms with Crippen LogP contribution in [0.5, 0.6) is 0 Å². The van der Waals surface area contributed by atoms with Crippen LogP contribution < -0.4 is 4.72 Å². The lowest BCUT2D eigenvalue weighted by Gasteiger charge is -2.34. The van der Waals surface area contributed by atoms with Crippen LogP contribution in [0.4, 0.5) is 0 Å². The summed E-state index contributed by atoms with van der Waals surface area (Å²) in [7, 11) is -2.14. The van der Waals surface area contributed by atoms with Crippen molar-refractivity contribution in [3.8, 4) is 11.8 Å². The molecule has 150 valence electrons. The molecule has 29 heavy (non-hydrogen) atoms. The minimum atomic E-state index is -2.14. The molecule has 1 aromatic heterocycles. The van der Waals surface area contributed by atoms with Crippen molar-refractivity contribution in [2.75, 3.05) is 19.3 Å². The van der Waals surface area contributed by atoms with Gasteiger partial charge in [-0.15, -0.1) is 0 Å². The van der Waals surface area contributed by atoms with Gasteiger partial charge in [0.15, 0.2) is 0 Å². The summed E-state index contributed by atoms with van der Waals surface area (Å²) in [5.74, 6) is 0. The van der Waals surface area contributed by atoms with Gasteiger partial charge in [-0.25, -0.2) is 4.68 Å². The minimum Gasteiger partial charge on any atom is -0.334 e. The van der Waals surface area contributed by atoms with Gasteiger partial charge in [0.1, 0.15) is 0 Å². The van der Waals surface area contributed by atoms with Crippen molar-refractivity contribution >= 4 is 10.5 Å². The Morgan fingerprint density at radius 1 is 1.24 bits per heavy atom. The van der Waals surface area contributed by atoms with Crippen LogP contribution in [0.2, 0.25) is 0 Å². The minimum absolute atomic E-state index is 0.231. The lowest BCUT2D eigenvalue weighted by molar-refractivity contribution is 0.324.